The van der Waals surface area contributed by atoms with Crippen LogP contribution >= 0.6 is 11.6 Å². The van der Waals surface area contributed by atoms with Crippen molar-refractivity contribution >= 4 is 27.3 Å². The molecule has 0 spiro atoms. The molecule has 37 heavy (non-hydrogen) atoms. The highest BCUT2D eigenvalue weighted by Gasteiger charge is 2.32. The van der Waals surface area contributed by atoms with Gasteiger partial charge in [0, 0.05) is 56.1 Å². The van der Waals surface area contributed by atoms with E-state index in [-0.39, 0.29) is 5.75 Å². The fourth-order valence-electron chi connectivity index (χ4n) is 5.14. The minimum Gasteiger partial charge on any atom is -0.381 e. The maximum Gasteiger partial charge on any atom is 0.148 e. The van der Waals surface area contributed by atoms with E-state index in [2.05, 4.69) is 21.7 Å². The van der Waals surface area contributed by atoms with Gasteiger partial charge in [-0.3, -0.25) is 4.98 Å². The van der Waals surface area contributed by atoms with E-state index in [1.54, 1.807) is 6.20 Å². The maximum atomic E-state index is 11.3. The number of nitriles is 1. The highest BCUT2D eigenvalue weighted by atomic mass is 35.5. The molecule has 1 saturated carbocycles. The van der Waals surface area contributed by atoms with Gasteiger partial charge in [-0.15, -0.1) is 0 Å². The summed E-state index contributed by atoms with van der Waals surface area (Å²) >= 11 is 6.54. The lowest BCUT2D eigenvalue weighted by molar-refractivity contribution is 0.0455. The summed E-state index contributed by atoms with van der Waals surface area (Å²) in [6, 6.07) is 10.7. The number of aromatic nitrogens is 2. The summed E-state index contributed by atoms with van der Waals surface area (Å²) in [4.78, 5) is 9.37. The van der Waals surface area contributed by atoms with Crippen molar-refractivity contribution in [2.75, 3.05) is 43.6 Å². The normalized spacial score (nSPS) is 21.8. The van der Waals surface area contributed by atoms with E-state index in [1.807, 2.05) is 24.3 Å². The Balaban J connectivity index is 1.35. The average Bonchev–Trinajstić information content (AvgIpc) is 2.90. The summed E-state index contributed by atoms with van der Waals surface area (Å²) in [6.07, 6.45) is 9.55. The Kier molecular flexibility index (Phi) is 9.41. The smallest absolute Gasteiger partial charge is 0.148 e. The molecule has 3 heterocycles. The largest absolute Gasteiger partial charge is 0.381 e. The van der Waals surface area contributed by atoms with Crippen LogP contribution in [0.25, 0.3) is 11.3 Å². The van der Waals surface area contributed by atoms with Crippen molar-refractivity contribution < 1.29 is 13.2 Å². The van der Waals surface area contributed by atoms with Crippen molar-refractivity contribution in [1.82, 2.24) is 15.3 Å². The second kappa shape index (κ2) is 12.5. The predicted octanol–water partition coefficient (Wildman–Crippen LogP) is 4.26. The quantitative estimate of drug-likeness (QED) is 0.454. The fourth-order valence-corrected chi connectivity index (χ4v) is 5.83. The van der Waals surface area contributed by atoms with Crippen molar-refractivity contribution in [2.24, 2.45) is 11.3 Å². The Bertz CT molecular complexity index is 1200. The lowest BCUT2D eigenvalue weighted by Crippen LogP contribution is -2.36. The first-order valence-corrected chi connectivity index (χ1v) is 15.4. The van der Waals surface area contributed by atoms with Gasteiger partial charge in [0.1, 0.15) is 15.7 Å². The molecule has 2 aromatic heterocycles. The molecule has 0 bridgehead atoms. The van der Waals surface area contributed by atoms with Crippen molar-refractivity contribution in [3.05, 3.63) is 41.2 Å². The zero-order valence-corrected chi connectivity index (χ0v) is 23.0. The van der Waals surface area contributed by atoms with E-state index in [4.69, 9.17) is 21.3 Å². The van der Waals surface area contributed by atoms with Gasteiger partial charge in [-0.1, -0.05) is 17.7 Å². The van der Waals surface area contributed by atoms with Crippen LogP contribution in [0, 0.1) is 22.7 Å². The third-order valence-electron chi connectivity index (χ3n) is 7.48. The molecule has 0 unspecified atom stereocenters. The molecule has 2 aromatic rings. The number of pyridine rings is 2. The van der Waals surface area contributed by atoms with E-state index in [1.165, 1.54) is 6.26 Å². The van der Waals surface area contributed by atoms with Crippen LogP contribution in [0.4, 0.5) is 5.82 Å². The van der Waals surface area contributed by atoms with E-state index in [9.17, 15) is 13.7 Å². The van der Waals surface area contributed by atoms with Gasteiger partial charge in [-0.05, 0) is 69.1 Å². The van der Waals surface area contributed by atoms with Crippen LogP contribution in [-0.2, 0) is 21.0 Å². The molecule has 1 aliphatic heterocycles. The van der Waals surface area contributed by atoms with Gasteiger partial charge in [0.15, 0.2) is 0 Å². The molecule has 0 aromatic carbocycles. The molecule has 1 aliphatic carbocycles. The minimum atomic E-state index is -2.93. The highest BCUT2D eigenvalue weighted by Crippen LogP contribution is 2.32. The van der Waals surface area contributed by atoms with Crippen LogP contribution in [0.1, 0.15) is 44.2 Å². The van der Waals surface area contributed by atoms with Crippen LogP contribution in [0.3, 0.4) is 0 Å². The summed E-state index contributed by atoms with van der Waals surface area (Å²) in [5, 5.41) is 17.0. The number of halogens is 1. The molecular formula is C27H36ClN5O3S. The summed E-state index contributed by atoms with van der Waals surface area (Å²) in [6.45, 7) is 2.27. The van der Waals surface area contributed by atoms with Crippen molar-refractivity contribution in [3.63, 3.8) is 0 Å². The molecule has 200 valence electrons. The number of nitrogens with one attached hydrogen (secondary N) is 2. The summed E-state index contributed by atoms with van der Waals surface area (Å²) < 4.78 is 28.1. The number of anilines is 1. The molecule has 0 atom stereocenters. The van der Waals surface area contributed by atoms with Gasteiger partial charge in [0.25, 0.3) is 0 Å². The van der Waals surface area contributed by atoms with E-state index in [0.29, 0.717) is 56.1 Å². The Hall–Kier alpha value is -2.25. The number of ether oxygens (including phenoxy) is 1. The SMILES string of the molecule is CS(=O)(=O)CCNC1CCC(Cc2cc(-c3cccc(NCC4(C#N)CCOCC4)n3)c(Cl)cn2)CC1. The lowest BCUT2D eigenvalue weighted by Gasteiger charge is -2.30. The van der Waals surface area contributed by atoms with E-state index < -0.39 is 15.3 Å². The van der Waals surface area contributed by atoms with E-state index in [0.717, 1.165) is 54.9 Å². The molecule has 2 N–H and O–H groups in total. The zero-order chi connectivity index (χ0) is 26.3. The molecule has 2 aliphatic rings. The Labute approximate surface area is 225 Å². The third kappa shape index (κ3) is 8.11. The van der Waals surface area contributed by atoms with Gasteiger partial charge >= 0.3 is 0 Å². The van der Waals surface area contributed by atoms with Gasteiger partial charge < -0.3 is 15.4 Å². The van der Waals surface area contributed by atoms with Crippen LogP contribution in [0.15, 0.2) is 30.5 Å². The Morgan fingerprint density at radius 3 is 2.68 bits per heavy atom. The molecule has 10 heteroatoms. The van der Waals surface area contributed by atoms with E-state index >= 15 is 0 Å². The second-order valence-electron chi connectivity index (χ2n) is 10.4. The monoisotopic (exact) mass is 545 g/mol. The first-order chi connectivity index (χ1) is 17.8. The minimum absolute atomic E-state index is 0.184. The number of sulfone groups is 1. The van der Waals surface area contributed by atoms with Crippen LogP contribution in [0.2, 0.25) is 5.02 Å². The number of rotatable bonds is 10. The molecule has 4 rings (SSSR count). The maximum absolute atomic E-state index is 11.3. The molecule has 2 fully saturated rings. The van der Waals surface area contributed by atoms with Gasteiger partial charge in [0.2, 0.25) is 0 Å². The fraction of sp³-hybridized carbons (Fsp3) is 0.593. The van der Waals surface area contributed by atoms with Gasteiger partial charge in [0.05, 0.1) is 28.0 Å². The molecular weight excluding hydrogens is 510 g/mol. The molecule has 1 saturated heterocycles. The zero-order valence-electron chi connectivity index (χ0n) is 21.4. The first-order valence-electron chi connectivity index (χ1n) is 13.0. The summed E-state index contributed by atoms with van der Waals surface area (Å²) in [5.74, 6) is 1.44. The Morgan fingerprint density at radius 1 is 1.22 bits per heavy atom. The van der Waals surface area contributed by atoms with Crippen LogP contribution in [-0.4, -0.2) is 62.7 Å². The van der Waals surface area contributed by atoms with Crippen molar-refractivity contribution in [3.8, 4) is 17.3 Å². The number of hydrogen-bond donors (Lipinski definition) is 2. The lowest BCUT2D eigenvalue weighted by atomic mass is 9.82. The molecule has 0 radical (unpaired) electrons. The predicted molar refractivity (Wildman–Crippen MR) is 146 cm³/mol. The first kappa shape index (κ1) is 27.8. The van der Waals surface area contributed by atoms with Gasteiger partial charge in [-0.2, -0.15) is 5.26 Å². The van der Waals surface area contributed by atoms with Crippen LogP contribution < -0.4 is 10.6 Å². The average molecular weight is 546 g/mol. The second-order valence-corrected chi connectivity index (χ2v) is 13.1. The number of nitrogens with zero attached hydrogens (tertiary/aromatic N) is 3. The van der Waals surface area contributed by atoms with Crippen LogP contribution in [0.5, 0.6) is 0 Å². The van der Waals surface area contributed by atoms with Crippen molar-refractivity contribution in [2.45, 2.75) is 51.0 Å². The summed E-state index contributed by atoms with van der Waals surface area (Å²) in [5.41, 5.74) is 2.20. The van der Waals surface area contributed by atoms with Crippen molar-refractivity contribution in [1.29, 1.82) is 5.26 Å². The number of hydrogen-bond acceptors (Lipinski definition) is 8. The topological polar surface area (TPSA) is 117 Å². The standard InChI is InChI=1S/C27H36ClN5O3S/c1-37(34,35)14-11-30-21-7-5-20(6-8-21)15-22-16-23(24(28)17-31-22)25-3-2-4-26(33-25)32-19-27(18-29)9-12-36-13-10-27/h2-4,16-17,20-21,30H,5-15,19H2,1H3,(H,32,33). The van der Waals surface area contributed by atoms with Gasteiger partial charge in [-0.25, -0.2) is 13.4 Å². The highest BCUT2D eigenvalue weighted by molar-refractivity contribution is 7.90. The Morgan fingerprint density at radius 2 is 1.97 bits per heavy atom. The summed E-state index contributed by atoms with van der Waals surface area (Å²) in [7, 11) is -2.93. The third-order valence-corrected chi connectivity index (χ3v) is 8.73. The molecule has 8 nitrogen and oxygen atoms in total. The molecule has 0 amide bonds.